The number of carbonyl (C=O) groups excluding carboxylic acids is 1. The highest BCUT2D eigenvalue weighted by atomic mass is 32.2. The third-order valence-corrected chi connectivity index (χ3v) is 3.74. The highest BCUT2D eigenvalue weighted by molar-refractivity contribution is 7.99. The number of hydrogen-bond acceptors (Lipinski definition) is 6. The number of hydrogen-bond donors (Lipinski definition) is 1. The van der Waals surface area contributed by atoms with E-state index in [0.717, 1.165) is 24.2 Å². The van der Waals surface area contributed by atoms with E-state index in [-0.39, 0.29) is 11.7 Å². The molecular formula is C15H19N3O3S. The van der Waals surface area contributed by atoms with E-state index < -0.39 is 0 Å². The molecule has 1 aromatic heterocycles. The maximum absolute atomic E-state index is 11.6. The highest BCUT2D eigenvalue weighted by Crippen LogP contribution is 2.24. The number of unbranched alkanes of at least 4 members (excludes halogenated alkanes) is 1. The number of rotatable bonds is 8. The van der Waals surface area contributed by atoms with Crippen molar-refractivity contribution in [2.24, 2.45) is 0 Å². The normalized spacial score (nSPS) is 10.5. The fraction of sp³-hybridized carbons (Fsp3) is 0.400. The Hall–Kier alpha value is -2.02. The van der Waals surface area contributed by atoms with Gasteiger partial charge in [0, 0.05) is 12.1 Å². The van der Waals surface area contributed by atoms with E-state index in [4.69, 9.17) is 9.15 Å². The summed E-state index contributed by atoms with van der Waals surface area (Å²) in [7, 11) is 1.61. The average Bonchev–Trinajstić information content (AvgIpc) is 3.02. The molecule has 0 atom stereocenters. The Kier molecular flexibility index (Phi) is 6.27. The van der Waals surface area contributed by atoms with E-state index >= 15 is 0 Å². The minimum Gasteiger partial charge on any atom is -0.497 e. The van der Waals surface area contributed by atoms with Gasteiger partial charge in [0.05, 0.1) is 12.9 Å². The lowest BCUT2D eigenvalue weighted by Gasteiger charge is -2.01. The predicted molar refractivity (Wildman–Crippen MR) is 84.9 cm³/mol. The Morgan fingerprint density at radius 1 is 1.32 bits per heavy atom. The summed E-state index contributed by atoms with van der Waals surface area (Å²) in [5, 5.41) is 11.2. The van der Waals surface area contributed by atoms with Gasteiger partial charge in [-0.2, -0.15) is 0 Å². The van der Waals surface area contributed by atoms with Crippen LogP contribution in [0.15, 0.2) is 33.9 Å². The largest absolute Gasteiger partial charge is 0.497 e. The maximum atomic E-state index is 11.6. The van der Waals surface area contributed by atoms with Crippen LogP contribution in [0.4, 0.5) is 0 Å². The number of methoxy groups -OCH3 is 1. The number of benzene rings is 1. The number of carbonyl (C=O) groups is 1. The molecule has 1 heterocycles. The lowest BCUT2D eigenvalue weighted by Crippen LogP contribution is -2.25. The second-order valence-corrected chi connectivity index (χ2v) is 5.52. The average molecular weight is 321 g/mol. The van der Waals surface area contributed by atoms with E-state index in [1.54, 1.807) is 7.11 Å². The van der Waals surface area contributed by atoms with Gasteiger partial charge in [0.1, 0.15) is 5.75 Å². The Morgan fingerprint density at radius 2 is 2.09 bits per heavy atom. The van der Waals surface area contributed by atoms with Crippen molar-refractivity contribution >= 4 is 17.7 Å². The van der Waals surface area contributed by atoms with E-state index in [1.165, 1.54) is 11.8 Å². The summed E-state index contributed by atoms with van der Waals surface area (Å²) in [6, 6.07) is 7.34. The van der Waals surface area contributed by atoms with Gasteiger partial charge in [-0.3, -0.25) is 4.79 Å². The van der Waals surface area contributed by atoms with Gasteiger partial charge >= 0.3 is 0 Å². The first-order valence-corrected chi connectivity index (χ1v) is 8.09. The smallest absolute Gasteiger partial charge is 0.277 e. The van der Waals surface area contributed by atoms with E-state index in [1.807, 2.05) is 24.3 Å². The van der Waals surface area contributed by atoms with Gasteiger partial charge in [0.2, 0.25) is 11.8 Å². The SMILES string of the molecule is CCCCNC(=O)CSc1nnc(-c2ccc(OC)cc2)o1. The Labute approximate surface area is 133 Å². The second kappa shape index (κ2) is 8.43. The summed E-state index contributed by atoms with van der Waals surface area (Å²) in [6.07, 6.45) is 2.04. The third-order valence-electron chi connectivity index (χ3n) is 2.92. The minimum absolute atomic E-state index is 0.0253. The van der Waals surface area contributed by atoms with Crippen LogP contribution in [-0.2, 0) is 4.79 Å². The van der Waals surface area contributed by atoms with Crippen molar-refractivity contribution in [3.63, 3.8) is 0 Å². The molecule has 0 fully saturated rings. The molecule has 2 rings (SSSR count). The van der Waals surface area contributed by atoms with Crippen molar-refractivity contribution in [1.29, 1.82) is 0 Å². The molecule has 0 aliphatic carbocycles. The summed E-state index contributed by atoms with van der Waals surface area (Å²) >= 11 is 1.23. The van der Waals surface area contributed by atoms with Gasteiger partial charge in [-0.25, -0.2) is 0 Å². The molecule has 0 bridgehead atoms. The van der Waals surface area contributed by atoms with Gasteiger partial charge in [0.15, 0.2) is 0 Å². The first-order chi connectivity index (χ1) is 10.7. The quantitative estimate of drug-likeness (QED) is 0.595. The summed E-state index contributed by atoms with van der Waals surface area (Å²) in [6.45, 7) is 2.79. The Balaban J connectivity index is 1.86. The zero-order chi connectivity index (χ0) is 15.8. The van der Waals surface area contributed by atoms with Crippen molar-refractivity contribution in [3.05, 3.63) is 24.3 Å². The third kappa shape index (κ3) is 4.77. The van der Waals surface area contributed by atoms with Crippen LogP contribution < -0.4 is 10.1 Å². The first-order valence-electron chi connectivity index (χ1n) is 7.10. The standard InChI is InChI=1S/C15H19N3O3S/c1-3-4-9-16-13(19)10-22-15-18-17-14(21-15)11-5-7-12(20-2)8-6-11/h5-8H,3-4,9-10H2,1-2H3,(H,16,19). The van der Waals surface area contributed by atoms with Crippen LogP contribution in [0.5, 0.6) is 5.75 Å². The van der Waals surface area contributed by atoms with Crippen LogP contribution >= 0.6 is 11.8 Å². The molecule has 0 saturated carbocycles. The molecule has 6 nitrogen and oxygen atoms in total. The molecule has 118 valence electrons. The highest BCUT2D eigenvalue weighted by Gasteiger charge is 2.11. The van der Waals surface area contributed by atoms with Crippen LogP contribution in [0.1, 0.15) is 19.8 Å². The van der Waals surface area contributed by atoms with Gasteiger partial charge in [-0.1, -0.05) is 25.1 Å². The van der Waals surface area contributed by atoms with E-state index in [9.17, 15) is 4.79 Å². The molecule has 0 aliphatic rings. The first kappa shape index (κ1) is 16.4. The molecule has 0 unspecified atom stereocenters. The molecule has 1 aromatic carbocycles. The Morgan fingerprint density at radius 3 is 2.77 bits per heavy atom. The predicted octanol–water partition coefficient (Wildman–Crippen LogP) is 2.75. The summed E-state index contributed by atoms with van der Waals surface area (Å²) in [5.74, 6) is 1.44. The molecule has 0 aliphatic heterocycles. The fourth-order valence-electron chi connectivity index (χ4n) is 1.70. The number of ether oxygens (including phenoxy) is 1. The summed E-state index contributed by atoms with van der Waals surface area (Å²) in [5.41, 5.74) is 0.813. The minimum atomic E-state index is -0.0253. The monoisotopic (exact) mass is 321 g/mol. The molecular weight excluding hydrogens is 302 g/mol. The maximum Gasteiger partial charge on any atom is 0.277 e. The lowest BCUT2D eigenvalue weighted by atomic mass is 10.2. The van der Waals surface area contributed by atoms with Gasteiger partial charge in [0.25, 0.3) is 5.22 Å². The molecule has 2 aromatic rings. The van der Waals surface area contributed by atoms with E-state index in [2.05, 4.69) is 22.4 Å². The van der Waals surface area contributed by atoms with E-state index in [0.29, 0.717) is 17.7 Å². The molecule has 0 saturated heterocycles. The van der Waals surface area contributed by atoms with Gasteiger partial charge in [-0.05, 0) is 30.7 Å². The number of nitrogens with zero attached hydrogens (tertiary/aromatic N) is 2. The van der Waals surface area contributed by atoms with Crippen molar-refractivity contribution < 1.29 is 13.9 Å². The lowest BCUT2D eigenvalue weighted by molar-refractivity contribution is -0.118. The number of amides is 1. The topological polar surface area (TPSA) is 77.2 Å². The molecule has 0 radical (unpaired) electrons. The molecule has 0 spiro atoms. The van der Waals surface area contributed by atoms with Gasteiger partial charge in [-0.15, -0.1) is 10.2 Å². The van der Waals surface area contributed by atoms with Crippen molar-refractivity contribution in [2.45, 2.75) is 25.0 Å². The van der Waals surface area contributed by atoms with Crippen LogP contribution in [0, 0.1) is 0 Å². The fourth-order valence-corrected chi connectivity index (χ4v) is 2.29. The molecule has 22 heavy (non-hydrogen) atoms. The second-order valence-electron chi connectivity index (χ2n) is 4.59. The van der Waals surface area contributed by atoms with Crippen LogP contribution in [-0.4, -0.2) is 35.5 Å². The van der Waals surface area contributed by atoms with Crippen LogP contribution in [0.25, 0.3) is 11.5 Å². The van der Waals surface area contributed by atoms with Crippen molar-refractivity contribution in [1.82, 2.24) is 15.5 Å². The number of thioether (sulfide) groups is 1. The van der Waals surface area contributed by atoms with Crippen LogP contribution in [0.3, 0.4) is 0 Å². The zero-order valence-corrected chi connectivity index (χ0v) is 13.5. The molecule has 1 amide bonds. The van der Waals surface area contributed by atoms with Crippen molar-refractivity contribution in [3.8, 4) is 17.2 Å². The number of nitrogens with one attached hydrogen (secondary N) is 1. The van der Waals surface area contributed by atoms with Crippen LogP contribution in [0.2, 0.25) is 0 Å². The summed E-state index contributed by atoms with van der Waals surface area (Å²) in [4.78, 5) is 11.6. The summed E-state index contributed by atoms with van der Waals surface area (Å²) < 4.78 is 10.6. The molecule has 7 heteroatoms. The Bertz CT molecular complexity index is 598. The molecule has 1 N–H and O–H groups in total. The number of aromatic nitrogens is 2. The van der Waals surface area contributed by atoms with Crippen molar-refractivity contribution in [2.75, 3.05) is 19.4 Å². The van der Waals surface area contributed by atoms with Gasteiger partial charge < -0.3 is 14.5 Å². The zero-order valence-electron chi connectivity index (χ0n) is 12.7.